The van der Waals surface area contributed by atoms with Crippen LogP contribution in [0.3, 0.4) is 0 Å². The molecule has 1 unspecified atom stereocenters. The van der Waals surface area contributed by atoms with E-state index in [0.29, 0.717) is 71.7 Å². The third-order valence-electron chi connectivity index (χ3n) is 8.51. The number of likely N-dealkylation sites (N-methyl/N-ethyl adjacent to an activating group) is 1. The lowest BCUT2D eigenvalue weighted by Crippen LogP contribution is -2.28. The van der Waals surface area contributed by atoms with Crippen molar-refractivity contribution in [1.29, 1.82) is 0 Å². The van der Waals surface area contributed by atoms with Crippen molar-refractivity contribution in [1.82, 2.24) is 40.8 Å². The molecule has 1 atom stereocenters. The molecule has 0 radical (unpaired) electrons. The zero-order valence-electron chi connectivity index (χ0n) is 30.1. The van der Waals surface area contributed by atoms with Gasteiger partial charge in [0, 0.05) is 67.5 Å². The minimum absolute atomic E-state index is 0.135. The summed E-state index contributed by atoms with van der Waals surface area (Å²) in [5, 5.41) is 17.1. The fourth-order valence-electron chi connectivity index (χ4n) is 5.83. The molecule has 5 heterocycles. The number of urea groups is 2. The highest BCUT2D eigenvalue weighted by atomic mass is 32.1. The van der Waals surface area contributed by atoms with Crippen LogP contribution in [0.15, 0.2) is 65.7 Å². The van der Waals surface area contributed by atoms with E-state index in [9.17, 15) is 28.0 Å². The standard InChI is InChI=1S/C19H20FN5O2S.C18H18FN5O2S/c1-2-22-18(27)24-19-23-15-8-13(14(20)9-16(15)28-19)11-4-6-25(17(26)7-11)12-3-5-21-10-12;1-3-21-17(26)24-18-23-14-7-12(13(19)8-15(14)27-18)10-4-5-11(22-9-10)6-16(25)20-2/h4,6-9,12,21H,2-3,5,10H2,1H3,(H2,22,23,24,27);4-5,7-9H,3,6H2,1-2H3,(H,20,25)(H2,21,23,24,26). The molecule has 0 bridgehead atoms. The Labute approximate surface area is 321 Å². The lowest BCUT2D eigenvalue weighted by atomic mass is 10.1. The van der Waals surface area contributed by atoms with Crippen molar-refractivity contribution < 1.29 is 23.2 Å². The Kier molecular flexibility index (Phi) is 12.4. The number of rotatable bonds is 9. The van der Waals surface area contributed by atoms with Crippen LogP contribution in [-0.4, -0.2) is 70.7 Å². The summed E-state index contributed by atoms with van der Waals surface area (Å²) in [6.07, 6.45) is 4.32. The third-order valence-corrected chi connectivity index (χ3v) is 10.4. The van der Waals surface area contributed by atoms with Gasteiger partial charge in [0.2, 0.25) is 5.91 Å². The van der Waals surface area contributed by atoms with E-state index in [1.54, 1.807) is 48.1 Å². The van der Waals surface area contributed by atoms with Gasteiger partial charge in [-0.1, -0.05) is 28.7 Å². The van der Waals surface area contributed by atoms with E-state index >= 15 is 0 Å². The van der Waals surface area contributed by atoms with Gasteiger partial charge in [0.1, 0.15) is 11.6 Å². The molecular weight excluding hydrogens is 751 g/mol. The largest absolute Gasteiger partial charge is 0.359 e. The van der Waals surface area contributed by atoms with Crippen molar-refractivity contribution in [3.8, 4) is 22.3 Å². The van der Waals surface area contributed by atoms with Gasteiger partial charge in [-0.3, -0.25) is 25.2 Å². The molecule has 5 amide bonds. The number of hydrogen-bond donors (Lipinski definition) is 6. The second-order valence-corrected chi connectivity index (χ2v) is 14.4. The molecule has 1 aliphatic heterocycles. The van der Waals surface area contributed by atoms with Crippen LogP contribution in [0, 0.1) is 11.6 Å². The molecule has 0 aliphatic carbocycles. The van der Waals surface area contributed by atoms with E-state index in [-0.39, 0.29) is 36.0 Å². The van der Waals surface area contributed by atoms with Crippen LogP contribution in [0.1, 0.15) is 32.0 Å². The summed E-state index contributed by atoms with van der Waals surface area (Å²) in [5.41, 5.74) is 3.37. The fraction of sp³-hybridized carbons (Fsp3) is 0.270. The Morgan fingerprint density at radius 1 is 0.855 bits per heavy atom. The molecule has 55 heavy (non-hydrogen) atoms. The quantitative estimate of drug-likeness (QED) is 0.105. The molecular formula is C37H38F2N10O4S2. The van der Waals surface area contributed by atoms with Crippen molar-refractivity contribution in [3.05, 3.63) is 88.6 Å². The number of thiazole rings is 2. The third kappa shape index (κ3) is 9.45. The molecule has 18 heteroatoms. The highest BCUT2D eigenvalue weighted by molar-refractivity contribution is 7.22. The first-order valence-corrected chi connectivity index (χ1v) is 19.1. The van der Waals surface area contributed by atoms with Crippen LogP contribution in [-0.2, 0) is 11.2 Å². The monoisotopic (exact) mass is 788 g/mol. The summed E-state index contributed by atoms with van der Waals surface area (Å²) in [4.78, 5) is 60.1. The number of carbonyl (C=O) groups is 3. The van der Waals surface area contributed by atoms with Crippen molar-refractivity contribution in [3.63, 3.8) is 0 Å². The molecule has 1 fully saturated rings. The lowest BCUT2D eigenvalue weighted by molar-refractivity contribution is -0.120. The Balaban J connectivity index is 0.000000187. The number of hydrogen-bond acceptors (Lipinski definition) is 10. The summed E-state index contributed by atoms with van der Waals surface area (Å²) >= 11 is 2.39. The van der Waals surface area contributed by atoms with Gasteiger partial charge in [-0.25, -0.2) is 28.3 Å². The first-order chi connectivity index (χ1) is 26.5. The van der Waals surface area contributed by atoms with Crippen LogP contribution in [0.4, 0.5) is 28.6 Å². The second kappa shape index (κ2) is 17.5. The average Bonchev–Trinajstić information content (AvgIpc) is 3.92. The lowest BCUT2D eigenvalue weighted by Gasteiger charge is -2.13. The Bertz CT molecular complexity index is 2410. The number of benzene rings is 2. The SMILES string of the molecule is CCNC(=O)Nc1nc2cc(-c3ccc(CC(=O)NC)nc3)c(F)cc2s1.CCNC(=O)Nc1nc2cc(-c3ccn(C4CCNC4)c(=O)c3)c(F)cc2s1. The van der Waals surface area contributed by atoms with Gasteiger partial charge in [0.05, 0.1) is 32.9 Å². The summed E-state index contributed by atoms with van der Waals surface area (Å²) < 4.78 is 32.2. The molecule has 1 saturated heterocycles. The van der Waals surface area contributed by atoms with Crippen molar-refractivity contribution in [2.75, 3.05) is 43.9 Å². The topological polar surface area (TPSA) is 184 Å². The molecule has 14 nitrogen and oxygen atoms in total. The maximum absolute atomic E-state index is 14.7. The molecule has 7 rings (SSSR count). The minimum Gasteiger partial charge on any atom is -0.359 e. The molecule has 0 spiro atoms. The van der Waals surface area contributed by atoms with Crippen molar-refractivity contribution in [2.45, 2.75) is 32.7 Å². The van der Waals surface area contributed by atoms with Gasteiger partial charge in [-0.15, -0.1) is 0 Å². The highest BCUT2D eigenvalue weighted by Crippen LogP contribution is 2.34. The van der Waals surface area contributed by atoms with Crippen LogP contribution >= 0.6 is 22.7 Å². The molecule has 286 valence electrons. The van der Waals surface area contributed by atoms with Gasteiger partial charge in [0.25, 0.3) is 5.56 Å². The number of amides is 5. The number of carbonyl (C=O) groups excluding carboxylic acids is 3. The van der Waals surface area contributed by atoms with Gasteiger partial charge in [-0.05, 0) is 68.8 Å². The first kappa shape index (κ1) is 38.9. The predicted molar refractivity (Wildman–Crippen MR) is 212 cm³/mol. The zero-order chi connectivity index (χ0) is 39.1. The van der Waals surface area contributed by atoms with E-state index < -0.39 is 11.6 Å². The zero-order valence-corrected chi connectivity index (χ0v) is 31.7. The second-order valence-electron chi connectivity index (χ2n) is 12.3. The Morgan fingerprint density at radius 2 is 1.45 bits per heavy atom. The fourth-order valence-corrected chi connectivity index (χ4v) is 7.56. The summed E-state index contributed by atoms with van der Waals surface area (Å²) in [5.74, 6) is -0.977. The van der Waals surface area contributed by atoms with Gasteiger partial charge in [-0.2, -0.15) is 0 Å². The minimum atomic E-state index is -0.430. The van der Waals surface area contributed by atoms with Gasteiger partial charge < -0.3 is 25.8 Å². The maximum atomic E-state index is 14.7. The van der Waals surface area contributed by atoms with Gasteiger partial charge in [0.15, 0.2) is 10.3 Å². The van der Waals surface area contributed by atoms with E-state index in [0.717, 1.165) is 19.5 Å². The number of anilines is 2. The molecule has 0 saturated carbocycles. The van der Waals surface area contributed by atoms with E-state index in [1.807, 2.05) is 13.8 Å². The van der Waals surface area contributed by atoms with E-state index in [2.05, 4.69) is 46.9 Å². The number of nitrogens with one attached hydrogen (secondary N) is 6. The van der Waals surface area contributed by atoms with Crippen LogP contribution in [0.2, 0.25) is 0 Å². The average molecular weight is 789 g/mol. The molecule has 2 aromatic carbocycles. The Morgan fingerprint density at radius 3 is 1.95 bits per heavy atom. The predicted octanol–water partition coefficient (Wildman–Crippen LogP) is 5.87. The van der Waals surface area contributed by atoms with E-state index in [4.69, 9.17) is 0 Å². The van der Waals surface area contributed by atoms with Crippen molar-refractivity contribution >= 4 is 71.3 Å². The molecule has 6 aromatic rings. The maximum Gasteiger partial charge on any atom is 0.321 e. The van der Waals surface area contributed by atoms with Gasteiger partial charge >= 0.3 is 12.1 Å². The molecule has 6 N–H and O–H groups in total. The number of aromatic nitrogens is 4. The summed E-state index contributed by atoms with van der Waals surface area (Å²) in [6.45, 7) is 6.28. The smallest absolute Gasteiger partial charge is 0.321 e. The van der Waals surface area contributed by atoms with Crippen LogP contribution < -0.4 is 37.5 Å². The summed E-state index contributed by atoms with van der Waals surface area (Å²) in [7, 11) is 1.56. The first-order valence-electron chi connectivity index (χ1n) is 17.4. The number of pyridine rings is 2. The molecule has 1 aliphatic rings. The summed E-state index contributed by atoms with van der Waals surface area (Å²) in [6, 6.07) is 12.1. The van der Waals surface area contributed by atoms with Crippen molar-refractivity contribution in [2.24, 2.45) is 0 Å². The van der Waals surface area contributed by atoms with Crippen LogP contribution in [0.5, 0.6) is 0 Å². The Hall–Kier alpha value is -5.85. The number of nitrogens with zero attached hydrogens (tertiary/aromatic N) is 4. The number of fused-ring (bicyclic) bond motifs is 2. The highest BCUT2D eigenvalue weighted by Gasteiger charge is 2.19. The normalized spacial score (nSPS) is 13.6. The molecule has 4 aromatic heterocycles. The number of halogens is 2. The van der Waals surface area contributed by atoms with E-state index in [1.165, 1.54) is 47.1 Å². The van der Waals surface area contributed by atoms with Crippen LogP contribution in [0.25, 0.3) is 42.7 Å².